The molecule has 0 aromatic heterocycles. The molecule has 0 saturated heterocycles. The zero-order chi connectivity index (χ0) is 15.8. The van der Waals surface area contributed by atoms with Gasteiger partial charge >= 0.3 is 0 Å². The molecule has 0 fully saturated rings. The second kappa shape index (κ2) is 8.08. The van der Waals surface area contributed by atoms with Gasteiger partial charge in [-0.05, 0) is 24.6 Å². The Bertz CT molecular complexity index is 638. The molecule has 116 valence electrons. The van der Waals surface area contributed by atoms with Gasteiger partial charge in [0.15, 0.2) is 0 Å². The van der Waals surface area contributed by atoms with Crippen molar-refractivity contribution in [3.8, 4) is 11.5 Å². The van der Waals surface area contributed by atoms with Crippen molar-refractivity contribution in [2.75, 3.05) is 20.3 Å². The second-order valence-electron chi connectivity index (χ2n) is 5.07. The van der Waals surface area contributed by atoms with E-state index in [0.29, 0.717) is 25.4 Å². The fourth-order valence-corrected chi connectivity index (χ4v) is 2.13. The Balaban J connectivity index is 1.79. The van der Waals surface area contributed by atoms with Gasteiger partial charge in [0.2, 0.25) is 0 Å². The Morgan fingerprint density at radius 1 is 1.09 bits per heavy atom. The van der Waals surface area contributed by atoms with E-state index in [2.05, 4.69) is 30.1 Å². The molecular formula is C18H22N2O2. The van der Waals surface area contributed by atoms with Gasteiger partial charge < -0.3 is 15.2 Å². The molecule has 4 heteroatoms. The number of benzene rings is 2. The Hall–Kier alpha value is -2.49. The molecule has 2 aromatic carbocycles. The Morgan fingerprint density at radius 2 is 1.86 bits per heavy atom. The number of methoxy groups -OCH3 is 1. The van der Waals surface area contributed by atoms with Crippen LogP contribution in [-0.2, 0) is 6.42 Å². The van der Waals surface area contributed by atoms with Gasteiger partial charge in [0.25, 0.3) is 0 Å². The van der Waals surface area contributed by atoms with Crippen LogP contribution in [-0.4, -0.2) is 26.1 Å². The van der Waals surface area contributed by atoms with E-state index in [1.165, 1.54) is 11.1 Å². The van der Waals surface area contributed by atoms with Crippen LogP contribution in [0.5, 0.6) is 11.5 Å². The summed E-state index contributed by atoms with van der Waals surface area (Å²) in [6.07, 6.45) is 0.667. The van der Waals surface area contributed by atoms with Crippen molar-refractivity contribution in [2.24, 2.45) is 10.7 Å². The quantitative estimate of drug-likeness (QED) is 0.486. The van der Waals surface area contributed by atoms with Gasteiger partial charge in [0.05, 0.1) is 19.5 Å². The Kier molecular flexibility index (Phi) is 5.83. The zero-order valence-corrected chi connectivity index (χ0v) is 13.1. The van der Waals surface area contributed by atoms with Crippen molar-refractivity contribution >= 4 is 5.84 Å². The van der Waals surface area contributed by atoms with E-state index in [0.717, 1.165) is 11.5 Å². The van der Waals surface area contributed by atoms with E-state index in [9.17, 15) is 0 Å². The van der Waals surface area contributed by atoms with Crippen LogP contribution in [0.4, 0.5) is 0 Å². The summed E-state index contributed by atoms with van der Waals surface area (Å²) in [5.41, 5.74) is 8.36. The lowest BCUT2D eigenvalue weighted by Crippen LogP contribution is -2.17. The van der Waals surface area contributed by atoms with E-state index in [1.54, 1.807) is 7.11 Å². The number of hydrogen-bond donors (Lipinski definition) is 1. The van der Waals surface area contributed by atoms with E-state index in [-0.39, 0.29) is 0 Å². The van der Waals surface area contributed by atoms with Crippen molar-refractivity contribution in [3.05, 3.63) is 59.7 Å². The number of ether oxygens (including phenoxy) is 2. The summed E-state index contributed by atoms with van der Waals surface area (Å²) in [4.78, 5) is 4.34. The fraction of sp³-hybridized carbons (Fsp3) is 0.278. The maximum Gasteiger partial charge on any atom is 0.123 e. The maximum absolute atomic E-state index is 5.96. The molecule has 0 saturated carbocycles. The number of aliphatic imine (C=N–C) groups is 1. The molecule has 0 heterocycles. The van der Waals surface area contributed by atoms with Gasteiger partial charge in [-0.1, -0.05) is 35.9 Å². The molecule has 0 unspecified atom stereocenters. The van der Waals surface area contributed by atoms with Crippen LogP contribution in [0, 0.1) is 6.92 Å². The van der Waals surface area contributed by atoms with Crippen molar-refractivity contribution < 1.29 is 9.47 Å². The number of aryl methyl sites for hydroxylation is 1. The molecule has 2 aromatic rings. The van der Waals surface area contributed by atoms with Crippen LogP contribution in [0.1, 0.15) is 11.1 Å². The van der Waals surface area contributed by atoms with E-state index < -0.39 is 0 Å². The third kappa shape index (κ3) is 5.13. The lowest BCUT2D eigenvalue weighted by atomic mass is 10.1. The molecule has 0 atom stereocenters. The second-order valence-corrected chi connectivity index (χ2v) is 5.07. The summed E-state index contributed by atoms with van der Waals surface area (Å²) < 4.78 is 10.8. The molecule has 0 spiro atoms. The molecule has 4 nitrogen and oxygen atoms in total. The standard InChI is InChI=1S/C18H22N2O2/c1-14-5-3-6-15(11-14)12-18(19)20-9-10-22-17-8-4-7-16(13-17)21-2/h3-8,11,13H,9-10,12H2,1-2H3,(H2,19,20). The first-order chi connectivity index (χ1) is 10.7. The molecule has 22 heavy (non-hydrogen) atoms. The summed E-state index contributed by atoms with van der Waals surface area (Å²) in [6.45, 7) is 3.09. The van der Waals surface area contributed by atoms with Crippen LogP contribution in [0.3, 0.4) is 0 Å². The first-order valence-corrected chi connectivity index (χ1v) is 7.28. The van der Waals surface area contributed by atoms with Crippen molar-refractivity contribution in [3.63, 3.8) is 0 Å². The highest BCUT2D eigenvalue weighted by Gasteiger charge is 1.99. The van der Waals surface area contributed by atoms with Crippen LogP contribution >= 0.6 is 0 Å². The first kappa shape index (κ1) is 15.9. The van der Waals surface area contributed by atoms with Crippen LogP contribution in [0.2, 0.25) is 0 Å². The predicted molar refractivity (Wildman–Crippen MR) is 89.9 cm³/mol. The molecule has 0 bridgehead atoms. The van der Waals surface area contributed by atoms with Crippen molar-refractivity contribution in [1.29, 1.82) is 0 Å². The van der Waals surface area contributed by atoms with Gasteiger partial charge in [0, 0.05) is 12.5 Å². The highest BCUT2D eigenvalue weighted by atomic mass is 16.5. The monoisotopic (exact) mass is 298 g/mol. The van der Waals surface area contributed by atoms with Crippen molar-refractivity contribution in [2.45, 2.75) is 13.3 Å². The summed E-state index contributed by atoms with van der Waals surface area (Å²) in [5.74, 6) is 2.17. The molecule has 0 amide bonds. The summed E-state index contributed by atoms with van der Waals surface area (Å²) >= 11 is 0. The highest BCUT2D eigenvalue weighted by molar-refractivity contribution is 5.82. The van der Waals surface area contributed by atoms with Gasteiger partial charge in [-0.15, -0.1) is 0 Å². The minimum Gasteiger partial charge on any atom is -0.497 e. The van der Waals surface area contributed by atoms with Crippen molar-refractivity contribution in [1.82, 2.24) is 0 Å². The number of hydrogen-bond acceptors (Lipinski definition) is 3. The number of nitrogens with zero attached hydrogens (tertiary/aromatic N) is 1. The average molecular weight is 298 g/mol. The van der Waals surface area contributed by atoms with Crippen LogP contribution in [0.15, 0.2) is 53.5 Å². The Morgan fingerprint density at radius 3 is 2.64 bits per heavy atom. The Labute approximate surface area is 131 Å². The van der Waals surface area contributed by atoms with E-state index >= 15 is 0 Å². The molecule has 0 aliphatic rings. The van der Waals surface area contributed by atoms with Gasteiger partial charge in [0.1, 0.15) is 18.1 Å². The van der Waals surface area contributed by atoms with E-state index in [4.69, 9.17) is 15.2 Å². The lowest BCUT2D eigenvalue weighted by Gasteiger charge is -2.07. The maximum atomic E-state index is 5.96. The van der Waals surface area contributed by atoms with Crippen LogP contribution < -0.4 is 15.2 Å². The average Bonchev–Trinajstić information content (AvgIpc) is 2.52. The third-order valence-electron chi connectivity index (χ3n) is 3.18. The molecule has 0 radical (unpaired) electrons. The summed E-state index contributed by atoms with van der Waals surface area (Å²) in [5, 5.41) is 0. The predicted octanol–water partition coefficient (Wildman–Crippen LogP) is 2.98. The van der Waals surface area contributed by atoms with Gasteiger partial charge in [-0.2, -0.15) is 0 Å². The summed E-state index contributed by atoms with van der Waals surface area (Å²) in [7, 11) is 1.63. The molecule has 0 aliphatic carbocycles. The minimum absolute atomic E-state index is 0.488. The van der Waals surface area contributed by atoms with E-state index in [1.807, 2.05) is 30.3 Å². The largest absolute Gasteiger partial charge is 0.497 e. The number of amidine groups is 1. The molecule has 2 rings (SSSR count). The SMILES string of the molecule is COc1cccc(OCCN=C(N)Cc2cccc(C)c2)c1. The topological polar surface area (TPSA) is 56.8 Å². The zero-order valence-electron chi connectivity index (χ0n) is 13.1. The molecular weight excluding hydrogens is 276 g/mol. The molecule has 0 aliphatic heterocycles. The fourth-order valence-electron chi connectivity index (χ4n) is 2.13. The van der Waals surface area contributed by atoms with Gasteiger partial charge in [-0.3, -0.25) is 4.99 Å². The minimum atomic E-state index is 0.488. The van der Waals surface area contributed by atoms with Gasteiger partial charge in [-0.25, -0.2) is 0 Å². The number of rotatable bonds is 7. The van der Waals surface area contributed by atoms with Crippen LogP contribution in [0.25, 0.3) is 0 Å². The number of nitrogens with two attached hydrogens (primary N) is 1. The lowest BCUT2D eigenvalue weighted by molar-refractivity contribution is 0.325. The first-order valence-electron chi connectivity index (χ1n) is 7.28. The normalized spacial score (nSPS) is 11.3. The highest BCUT2D eigenvalue weighted by Crippen LogP contribution is 2.18. The smallest absolute Gasteiger partial charge is 0.123 e. The molecule has 2 N–H and O–H groups in total. The summed E-state index contributed by atoms with van der Waals surface area (Å²) in [6, 6.07) is 15.8. The third-order valence-corrected chi connectivity index (χ3v) is 3.18.